The van der Waals surface area contributed by atoms with E-state index in [4.69, 9.17) is 8.84 Å². The second-order valence-corrected chi connectivity index (χ2v) is 13.0. The lowest BCUT2D eigenvalue weighted by atomic mass is 10.0. The van der Waals surface area contributed by atoms with Gasteiger partial charge in [-0.05, 0) is 63.5 Å². The van der Waals surface area contributed by atoms with Crippen molar-refractivity contribution in [1.29, 1.82) is 0 Å². The fraction of sp³-hybridized carbons (Fsp3) is 0.696. The molecule has 0 radical (unpaired) electrons. The van der Waals surface area contributed by atoms with E-state index in [-0.39, 0.29) is 12.2 Å². The summed E-state index contributed by atoms with van der Waals surface area (Å²) in [6, 6.07) is 3.43. The van der Waals surface area contributed by atoms with E-state index in [1.54, 1.807) is 12.1 Å². The molecule has 1 N–H and O–H groups in total. The first-order chi connectivity index (χ1) is 13.3. The molecule has 4 nitrogen and oxygen atoms in total. The average molecular weight is 409 g/mol. The maximum atomic E-state index is 11.9. The van der Waals surface area contributed by atoms with E-state index >= 15 is 0 Å². The van der Waals surface area contributed by atoms with Crippen molar-refractivity contribution in [2.45, 2.75) is 103 Å². The summed E-state index contributed by atoms with van der Waals surface area (Å²) in [5, 5.41) is 9.92. The minimum atomic E-state index is -1.52. The molecule has 0 saturated heterocycles. The van der Waals surface area contributed by atoms with Crippen LogP contribution in [0.4, 0.5) is 0 Å². The van der Waals surface area contributed by atoms with E-state index < -0.39 is 14.4 Å². The molecule has 1 aromatic heterocycles. The Balaban J connectivity index is 2.11. The number of carbonyl (C=O) groups excluding carboxylic acids is 1. The minimum Gasteiger partial charge on any atom is -0.548 e. The van der Waals surface area contributed by atoms with Crippen LogP contribution in [0.1, 0.15) is 89.4 Å². The molecule has 1 unspecified atom stereocenters. The third kappa shape index (κ3) is 12.2. The van der Waals surface area contributed by atoms with E-state index in [2.05, 4.69) is 32.6 Å². The number of unbranched alkanes of at least 4 members (excludes halogenated alkanes) is 6. The van der Waals surface area contributed by atoms with Crippen molar-refractivity contribution in [3.05, 3.63) is 36.0 Å². The van der Waals surface area contributed by atoms with Gasteiger partial charge in [-0.3, -0.25) is 4.79 Å². The molecule has 0 amide bonds. The highest BCUT2D eigenvalue weighted by molar-refractivity contribution is 6.70. The molecule has 0 spiro atoms. The quantitative estimate of drug-likeness (QED) is 0.183. The largest absolute Gasteiger partial charge is 0.548 e. The SMILES string of the molecule is CCCCC(=CCCCCCCCC(=O)CC(O)c1ccco1)O[Si](C)(C)C. The summed E-state index contributed by atoms with van der Waals surface area (Å²) in [6.07, 6.45) is 13.7. The van der Waals surface area contributed by atoms with Gasteiger partial charge in [-0.1, -0.05) is 32.6 Å². The van der Waals surface area contributed by atoms with E-state index in [1.807, 2.05) is 0 Å². The minimum absolute atomic E-state index is 0.107. The Morgan fingerprint density at radius 3 is 2.50 bits per heavy atom. The van der Waals surface area contributed by atoms with Gasteiger partial charge >= 0.3 is 0 Å². The second kappa shape index (κ2) is 13.8. The first kappa shape index (κ1) is 24.7. The standard InChI is InChI=1S/C23H40O4Si/c1-5-6-15-21(27-28(2,3)4)16-12-10-8-7-9-11-14-20(24)19-22(25)23-17-13-18-26-23/h13,16-18,22,25H,5-12,14-15,19H2,1-4H3. The van der Waals surface area contributed by atoms with Crippen LogP contribution in [0, 0.1) is 0 Å². The van der Waals surface area contributed by atoms with E-state index in [1.165, 1.54) is 37.7 Å². The molecule has 0 aliphatic rings. The maximum absolute atomic E-state index is 11.9. The molecule has 0 bridgehead atoms. The van der Waals surface area contributed by atoms with Crippen LogP contribution in [0.3, 0.4) is 0 Å². The molecule has 0 aliphatic carbocycles. The fourth-order valence-electron chi connectivity index (χ4n) is 3.10. The predicted octanol–water partition coefficient (Wildman–Crippen LogP) is 6.93. The zero-order chi connectivity index (χ0) is 20.8. The molecule has 1 heterocycles. The molecule has 1 aromatic rings. The summed E-state index contributed by atoms with van der Waals surface area (Å²) in [6.45, 7) is 8.93. The van der Waals surface area contributed by atoms with Gasteiger partial charge in [-0.2, -0.15) is 0 Å². The van der Waals surface area contributed by atoms with Crippen molar-refractivity contribution in [2.75, 3.05) is 0 Å². The zero-order valence-electron chi connectivity index (χ0n) is 18.3. The molecular weight excluding hydrogens is 368 g/mol. The van der Waals surface area contributed by atoms with Gasteiger partial charge in [0.1, 0.15) is 17.6 Å². The Hall–Kier alpha value is -1.33. The van der Waals surface area contributed by atoms with Crippen molar-refractivity contribution in [2.24, 2.45) is 0 Å². The van der Waals surface area contributed by atoms with Gasteiger partial charge in [-0.25, -0.2) is 0 Å². The number of carbonyl (C=O) groups is 1. The summed E-state index contributed by atoms with van der Waals surface area (Å²) in [5.74, 6) is 1.77. The monoisotopic (exact) mass is 408 g/mol. The summed E-state index contributed by atoms with van der Waals surface area (Å²) < 4.78 is 11.3. The third-order valence-corrected chi connectivity index (χ3v) is 5.41. The van der Waals surface area contributed by atoms with Crippen LogP contribution in [0.25, 0.3) is 0 Å². The molecule has 0 aromatic carbocycles. The Morgan fingerprint density at radius 1 is 1.14 bits per heavy atom. The highest BCUT2D eigenvalue weighted by Gasteiger charge is 2.17. The summed E-state index contributed by atoms with van der Waals surface area (Å²) in [4.78, 5) is 11.9. The summed E-state index contributed by atoms with van der Waals surface area (Å²) in [7, 11) is -1.52. The van der Waals surface area contributed by atoms with Crippen LogP contribution in [-0.4, -0.2) is 19.2 Å². The summed E-state index contributed by atoms with van der Waals surface area (Å²) >= 11 is 0. The lowest BCUT2D eigenvalue weighted by molar-refractivity contribution is -0.121. The van der Waals surface area contributed by atoms with Crippen molar-refractivity contribution in [1.82, 2.24) is 0 Å². The number of aliphatic hydroxyl groups is 1. The fourth-order valence-corrected chi connectivity index (χ4v) is 4.07. The first-order valence-electron chi connectivity index (χ1n) is 10.9. The van der Waals surface area contributed by atoms with Crippen LogP contribution >= 0.6 is 0 Å². The zero-order valence-corrected chi connectivity index (χ0v) is 19.3. The van der Waals surface area contributed by atoms with Crippen molar-refractivity contribution < 1.29 is 18.7 Å². The molecule has 0 saturated carbocycles. The number of aliphatic hydroxyl groups excluding tert-OH is 1. The van der Waals surface area contributed by atoms with Gasteiger partial charge in [-0.15, -0.1) is 0 Å². The van der Waals surface area contributed by atoms with Crippen LogP contribution in [0.2, 0.25) is 19.6 Å². The van der Waals surface area contributed by atoms with Gasteiger partial charge in [0, 0.05) is 19.3 Å². The Kier molecular flexibility index (Phi) is 12.2. The number of allylic oxidation sites excluding steroid dienone is 2. The van der Waals surface area contributed by atoms with Crippen LogP contribution < -0.4 is 0 Å². The Bertz CT molecular complexity index is 558. The molecule has 5 heteroatoms. The molecule has 1 rings (SSSR count). The second-order valence-electron chi connectivity index (χ2n) is 8.57. The number of hydrogen-bond donors (Lipinski definition) is 1. The normalized spacial score (nSPS) is 13.5. The highest BCUT2D eigenvalue weighted by Crippen LogP contribution is 2.20. The molecular formula is C23H40O4Si. The van der Waals surface area contributed by atoms with Crippen LogP contribution in [0.15, 0.2) is 34.6 Å². The average Bonchev–Trinajstić information content (AvgIpc) is 3.15. The molecule has 0 aliphatic heterocycles. The van der Waals surface area contributed by atoms with Crippen LogP contribution in [0.5, 0.6) is 0 Å². The first-order valence-corrected chi connectivity index (χ1v) is 14.3. The smallest absolute Gasteiger partial charge is 0.241 e. The number of ketones is 1. The summed E-state index contributed by atoms with van der Waals surface area (Å²) in [5.41, 5.74) is 0. The number of hydrogen-bond acceptors (Lipinski definition) is 4. The van der Waals surface area contributed by atoms with E-state index in [0.29, 0.717) is 12.2 Å². The number of rotatable bonds is 16. The maximum Gasteiger partial charge on any atom is 0.241 e. The van der Waals surface area contributed by atoms with Gasteiger partial charge in [0.15, 0.2) is 0 Å². The van der Waals surface area contributed by atoms with Crippen LogP contribution in [-0.2, 0) is 9.22 Å². The van der Waals surface area contributed by atoms with Gasteiger partial charge < -0.3 is 13.9 Å². The van der Waals surface area contributed by atoms with Gasteiger partial charge in [0.25, 0.3) is 0 Å². The lowest BCUT2D eigenvalue weighted by Gasteiger charge is -2.22. The van der Waals surface area contributed by atoms with Crippen molar-refractivity contribution in [3.8, 4) is 0 Å². The van der Waals surface area contributed by atoms with E-state index in [0.717, 1.165) is 32.1 Å². The molecule has 160 valence electrons. The Labute approximate surface area is 172 Å². The van der Waals surface area contributed by atoms with Crippen molar-refractivity contribution in [3.63, 3.8) is 0 Å². The number of furan rings is 1. The van der Waals surface area contributed by atoms with Gasteiger partial charge in [0.05, 0.1) is 12.0 Å². The van der Waals surface area contributed by atoms with E-state index in [9.17, 15) is 9.90 Å². The molecule has 1 atom stereocenters. The lowest BCUT2D eigenvalue weighted by Crippen LogP contribution is -2.24. The number of Topliss-reactive ketones (excluding diaryl/α,β-unsaturated/α-hetero) is 1. The molecule has 0 fully saturated rings. The third-order valence-electron chi connectivity index (χ3n) is 4.54. The van der Waals surface area contributed by atoms with Gasteiger partial charge in [0.2, 0.25) is 8.32 Å². The predicted molar refractivity (Wildman–Crippen MR) is 118 cm³/mol. The molecule has 28 heavy (non-hydrogen) atoms. The Morgan fingerprint density at radius 2 is 1.86 bits per heavy atom. The topological polar surface area (TPSA) is 59.7 Å². The van der Waals surface area contributed by atoms with Crippen molar-refractivity contribution >= 4 is 14.1 Å². The highest BCUT2D eigenvalue weighted by atomic mass is 28.4.